The zero-order valence-corrected chi connectivity index (χ0v) is 11.0. The maximum absolute atomic E-state index is 11.1. The second-order valence-corrected chi connectivity index (χ2v) is 4.39. The Labute approximate surface area is 112 Å². The van der Waals surface area contributed by atoms with E-state index in [0.29, 0.717) is 11.3 Å². The quantitative estimate of drug-likeness (QED) is 0.678. The Morgan fingerprint density at radius 2 is 1.63 bits per heavy atom. The van der Waals surface area contributed by atoms with Gasteiger partial charge in [-0.2, -0.15) is 0 Å². The maximum atomic E-state index is 11.1. The van der Waals surface area contributed by atoms with Gasteiger partial charge in [0.05, 0.1) is 0 Å². The number of carbonyl (C=O) groups excluding carboxylic acids is 1. The average molecular weight is 256 g/mol. The number of hydrogen-bond donors (Lipinski definition) is 1. The fourth-order valence-corrected chi connectivity index (χ4v) is 2.02. The topological polar surface area (TPSA) is 46.5 Å². The van der Waals surface area contributed by atoms with Crippen molar-refractivity contribution in [1.82, 2.24) is 0 Å². The number of para-hydroxylation sites is 1. The van der Waals surface area contributed by atoms with Gasteiger partial charge in [0, 0.05) is 12.5 Å². The molecule has 1 atom stereocenters. The van der Waals surface area contributed by atoms with Gasteiger partial charge in [0.1, 0.15) is 11.9 Å². The number of carbonyl (C=O) groups is 1. The lowest BCUT2D eigenvalue weighted by Gasteiger charge is -2.16. The second-order valence-electron chi connectivity index (χ2n) is 4.39. The minimum atomic E-state index is -0.809. The highest BCUT2D eigenvalue weighted by Gasteiger charge is 2.17. The molecule has 0 aliphatic carbocycles. The molecule has 0 amide bonds. The van der Waals surface area contributed by atoms with Crippen LogP contribution in [0, 0.1) is 6.92 Å². The first-order valence-electron chi connectivity index (χ1n) is 6.10. The number of esters is 1. The molecule has 3 nitrogen and oxygen atoms in total. The van der Waals surface area contributed by atoms with Gasteiger partial charge < -0.3 is 9.84 Å². The molecule has 0 radical (unpaired) electrons. The number of benzene rings is 2. The SMILES string of the molecule is CC(=O)Oc1ccccc1C(O)c1ccccc1C. The molecule has 0 fully saturated rings. The van der Waals surface area contributed by atoms with Gasteiger partial charge in [0.15, 0.2) is 0 Å². The number of ether oxygens (including phenoxy) is 1. The summed E-state index contributed by atoms with van der Waals surface area (Å²) in [5, 5.41) is 10.5. The van der Waals surface area contributed by atoms with Crippen LogP contribution in [0.4, 0.5) is 0 Å². The summed E-state index contributed by atoms with van der Waals surface area (Å²) >= 11 is 0. The van der Waals surface area contributed by atoms with Crippen molar-refractivity contribution in [2.75, 3.05) is 0 Å². The van der Waals surface area contributed by atoms with Crippen LogP contribution in [0.5, 0.6) is 5.75 Å². The number of aliphatic hydroxyl groups excluding tert-OH is 1. The van der Waals surface area contributed by atoms with Gasteiger partial charge >= 0.3 is 5.97 Å². The Morgan fingerprint density at radius 3 is 2.26 bits per heavy atom. The van der Waals surface area contributed by atoms with Crippen LogP contribution in [0.3, 0.4) is 0 Å². The molecule has 0 bridgehead atoms. The van der Waals surface area contributed by atoms with Crippen molar-refractivity contribution in [2.45, 2.75) is 20.0 Å². The minimum absolute atomic E-state index is 0.394. The first kappa shape index (κ1) is 13.3. The van der Waals surface area contributed by atoms with E-state index < -0.39 is 12.1 Å². The van der Waals surface area contributed by atoms with Crippen LogP contribution in [0.25, 0.3) is 0 Å². The molecular weight excluding hydrogens is 240 g/mol. The zero-order chi connectivity index (χ0) is 13.8. The third-order valence-corrected chi connectivity index (χ3v) is 2.95. The molecule has 0 aliphatic rings. The molecule has 0 aliphatic heterocycles. The molecule has 0 aromatic heterocycles. The smallest absolute Gasteiger partial charge is 0.308 e. The summed E-state index contributed by atoms with van der Waals surface area (Å²) < 4.78 is 5.13. The van der Waals surface area contributed by atoms with E-state index in [0.717, 1.165) is 11.1 Å². The van der Waals surface area contributed by atoms with Gasteiger partial charge in [-0.1, -0.05) is 42.5 Å². The molecule has 0 saturated heterocycles. The van der Waals surface area contributed by atoms with Gasteiger partial charge in [0.25, 0.3) is 0 Å². The molecule has 0 heterocycles. The minimum Gasteiger partial charge on any atom is -0.426 e. The van der Waals surface area contributed by atoms with E-state index in [9.17, 15) is 9.90 Å². The second kappa shape index (κ2) is 5.67. The van der Waals surface area contributed by atoms with Gasteiger partial charge in [-0.25, -0.2) is 0 Å². The Hall–Kier alpha value is -2.13. The van der Waals surface area contributed by atoms with Crippen LogP contribution in [0.15, 0.2) is 48.5 Å². The normalized spacial score (nSPS) is 11.9. The summed E-state index contributed by atoms with van der Waals surface area (Å²) in [5.41, 5.74) is 2.39. The van der Waals surface area contributed by atoms with Crippen LogP contribution >= 0.6 is 0 Å². The van der Waals surface area contributed by atoms with Crippen molar-refractivity contribution in [3.8, 4) is 5.75 Å². The first-order valence-corrected chi connectivity index (χ1v) is 6.10. The molecule has 2 rings (SSSR count). The van der Waals surface area contributed by atoms with Crippen molar-refractivity contribution in [3.05, 3.63) is 65.2 Å². The highest BCUT2D eigenvalue weighted by atomic mass is 16.5. The fourth-order valence-electron chi connectivity index (χ4n) is 2.02. The van der Waals surface area contributed by atoms with Crippen LogP contribution in [0.1, 0.15) is 29.7 Å². The lowest BCUT2D eigenvalue weighted by Crippen LogP contribution is -2.08. The molecule has 98 valence electrons. The van der Waals surface area contributed by atoms with E-state index in [1.807, 2.05) is 37.3 Å². The van der Waals surface area contributed by atoms with Crippen molar-refractivity contribution < 1.29 is 14.6 Å². The molecular formula is C16H16O3. The first-order chi connectivity index (χ1) is 9.09. The molecule has 0 spiro atoms. The van der Waals surface area contributed by atoms with E-state index >= 15 is 0 Å². The molecule has 19 heavy (non-hydrogen) atoms. The summed E-state index contributed by atoms with van der Waals surface area (Å²) in [6.45, 7) is 3.28. The van der Waals surface area contributed by atoms with Crippen LogP contribution in [-0.2, 0) is 4.79 Å². The zero-order valence-electron chi connectivity index (χ0n) is 11.0. The van der Waals surface area contributed by atoms with Gasteiger partial charge in [-0.15, -0.1) is 0 Å². The average Bonchev–Trinajstić information content (AvgIpc) is 2.38. The van der Waals surface area contributed by atoms with Crippen LogP contribution < -0.4 is 4.74 Å². The summed E-state index contributed by atoms with van der Waals surface area (Å²) in [6.07, 6.45) is -0.809. The lowest BCUT2D eigenvalue weighted by atomic mass is 9.97. The Balaban J connectivity index is 2.41. The highest BCUT2D eigenvalue weighted by molar-refractivity contribution is 5.70. The van der Waals surface area contributed by atoms with E-state index in [1.54, 1.807) is 18.2 Å². The molecule has 1 N–H and O–H groups in total. The van der Waals surface area contributed by atoms with E-state index in [-0.39, 0.29) is 0 Å². The van der Waals surface area contributed by atoms with Crippen molar-refractivity contribution in [3.63, 3.8) is 0 Å². The van der Waals surface area contributed by atoms with E-state index in [1.165, 1.54) is 6.92 Å². The predicted molar refractivity (Wildman–Crippen MR) is 73.0 cm³/mol. The van der Waals surface area contributed by atoms with Crippen LogP contribution in [0.2, 0.25) is 0 Å². The fraction of sp³-hybridized carbons (Fsp3) is 0.188. The van der Waals surface area contributed by atoms with Gasteiger partial charge in [0.2, 0.25) is 0 Å². The maximum Gasteiger partial charge on any atom is 0.308 e. The molecule has 0 saturated carbocycles. The molecule has 1 unspecified atom stereocenters. The predicted octanol–water partition coefficient (Wildman–Crippen LogP) is 3.00. The standard InChI is InChI=1S/C16H16O3/c1-11-7-3-4-8-13(11)16(18)14-9-5-6-10-15(14)19-12(2)17/h3-10,16,18H,1-2H3. The summed E-state index contributed by atoms with van der Waals surface area (Å²) in [5.74, 6) is -0.00446. The lowest BCUT2D eigenvalue weighted by molar-refractivity contribution is -0.131. The number of aryl methyl sites for hydroxylation is 1. The van der Waals surface area contributed by atoms with E-state index in [2.05, 4.69) is 0 Å². The van der Waals surface area contributed by atoms with Gasteiger partial charge in [-0.05, 0) is 24.1 Å². The molecule has 3 heteroatoms. The Bertz CT molecular complexity index is 590. The number of rotatable bonds is 3. The highest BCUT2D eigenvalue weighted by Crippen LogP contribution is 2.31. The monoisotopic (exact) mass is 256 g/mol. The molecule has 2 aromatic carbocycles. The van der Waals surface area contributed by atoms with Crippen molar-refractivity contribution in [2.24, 2.45) is 0 Å². The third kappa shape index (κ3) is 3.01. The van der Waals surface area contributed by atoms with Crippen molar-refractivity contribution >= 4 is 5.97 Å². The summed E-state index contributed by atoms with van der Waals surface area (Å²) in [7, 11) is 0. The van der Waals surface area contributed by atoms with E-state index in [4.69, 9.17) is 4.74 Å². The summed E-state index contributed by atoms with van der Waals surface area (Å²) in [4.78, 5) is 11.1. The number of hydrogen-bond acceptors (Lipinski definition) is 3. The third-order valence-electron chi connectivity index (χ3n) is 2.95. The Kier molecular flexibility index (Phi) is 3.97. The molecule has 2 aromatic rings. The largest absolute Gasteiger partial charge is 0.426 e. The number of aliphatic hydroxyl groups is 1. The Morgan fingerprint density at radius 1 is 1.05 bits per heavy atom. The van der Waals surface area contributed by atoms with Crippen molar-refractivity contribution in [1.29, 1.82) is 0 Å². The van der Waals surface area contributed by atoms with Gasteiger partial charge in [-0.3, -0.25) is 4.79 Å². The van der Waals surface area contributed by atoms with Crippen LogP contribution in [-0.4, -0.2) is 11.1 Å². The summed E-state index contributed by atoms with van der Waals surface area (Å²) in [6, 6.07) is 14.6.